The van der Waals surface area contributed by atoms with Crippen molar-refractivity contribution < 1.29 is 9.59 Å². The fourth-order valence-electron chi connectivity index (χ4n) is 3.44. The number of rotatable bonds is 4. The SMILES string of the molecule is C[Si](C)(C)C#Cc1ccc2c(c1)C(=O)N(C(C(=O)Nc1nccs1)c1ccccc1)C2. The first kappa shape index (κ1) is 21.0. The van der Waals surface area contributed by atoms with Crippen molar-refractivity contribution in [1.29, 1.82) is 0 Å². The first-order valence-electron chi connectivity index (χ1n) is 10.0. The van der Waals surface area contributed by atoms with Crippen LogP contribution in [0.2, 0.25) is 19.6 Å². The van der Waals surface area contributed by atoms with Crippen LogP contribution in [-0.4, -0.2) is 29.8 Å². The van der Waals surface area contributed by atoms with Crippen LogP contribution in [0.15, 0.2) is 60.1 Å². The van der Waals surface area contributed by atoms with Crippen LogP contribution >= 0.6 is 11.3 Å². The maximum Gasteiger partial charge on any atom is 0.255 e. The van der Waals surface area contributed by atoms with Crippen LogP contribution in [0.25, 0.3) is 0 Å². The fourth-order valence-corrected chi connectivity index (χ4v) is 4.49. The summed E-state index contributed by atoms with van der Waals surface area (Å²) < 4.78 is 0. The van der Waals surface area contributed by atoms with E-state index in [2.05, 4.69) is 41.4 Å². The molecular weight excluding hydrogens is 422 g/mol. The van der Waals surface area contributed by atoms with Crippen molar-refractivity contribution in [1.82, 2.24) is 9.88 Å². The maximum atomic E-state index is 13.4. The molecule has 0 saturated heterocycles. The minimum Gasteiger partial charge on any atom is -0.318 e. The zero-order chi connectivity index (χ0) is 22.0. The minimum atomic E-state index is -1.52. The van der Waals surface area contributed by atoms with Gasteiger partial charge >= 0.3 is 0 Å². The zero-order valence-electron chi connectivity index (χ0n) is 17.7. The molecule has 0 saturated carbocycles. The molecule has 1 aromatic heterocycles. The Morgan fingerprint density at radius 1 is 1.19 bits per heavy atom. The number of hydrogen-bond donors (Lipinski definition) is 1. The smallest absolute Gasteiger partial charge is 0.255 e. The number of nitrogens with zero attached hydrogens (tertiary/aromatic N) is 2. The second kappa shape index (κ2) is 8.50. The van der Waals surface area contributed by atoms with Gasteiger partial charge in [0, 0.05) is 29.2 Å². The van der Waals surface area contributed by atoms with Crippen LogP contribution in [0.3, 0.4) is 0 Å². The zero-order valence-corrected chi connectivity index (χ0v) is 19.5. The number of aromatic nitrogens is 1. The Labute approximate surface area is 187 Å². The average molecular weight is 446 g/mol. The molecule has 0 aliphatic carbocycles. The van der Waals surface area contributed by atoms with Gasteiger partial charge in [-0.15, -0.1) is 16.9 Å². The van der Waals surface area contributed by atoms with E-state index in [1.54, 1.807) is 16.5 Å². The lowest BCUT2D eigenvalue weighted by atomic mass is 10.0. The van der Waals surface area contributed by atoms with E-state index in [4.69, 9.17) is 0 Å². The molecule has 2 aromatic carbocycles. The maximum absolute atomic E-state index is 13.4. The summed E-state index contributed by atoms with van der Waals surface area (Å²) in [7, 11) is -1.52. The van der Waals surface area contributed by atoms with Gasteiger partial charge in [0.2, 0.25) is 0 Å². The largest absolute Gasteiger partial charge is 0.318 e. The highest BCUT2D eigenvalue weighted by atomic mass is 32.1. The molecular formula is C24H23N3O2SSi. The second-order valence-electron chi connectivity index (χ2n) is 8.44. The van der Waals surface area contributed by atoms with E-state index in [1.165, 1.54) is 11.3 Å². The molecule has 1 unspecified atom stereocenters. The number of hydrogen-bond acceptors (Lipinski definition) is 4. The van der Waals surface area contributed by atoms with Crippen LogP contribution in [0.5, 0.6) is 0 Å². The van der Waals surface area contributed by atoms with Crippen molar-refractivity contribution in [2.45, 2.75) is 32.2 Å². The molecule has 1 N–H and O–H groups in total. The third-order valence-electron chi connectivity index (χ3n) is 4.86. The number of carbonyl (C=O) groups is 2. The third-order valence-corrected chi connectivity index (χ3v) is 6.42. The molecule has 0 spiro atoms. The molecule has 5 nitrogen and oxygen atoms in total. The Bertz CT molecular complexity index is 1180. The van der Waals surface area contributed by atoms with Crippen molar-refractivity contribution in [3.8, 4) is 11.5 Å². The van der Waals surface area contributed by atoms with E-state index < -0.39 is 14.1 Å². The number of nitrogens with one attached hydrogen (secondary N) is 1. The molecule has 1 aliphatic heterocycles. The van der Waals surface area contributed by atoms with Gasteiger partial charge < -0.3 is 4.90 Å². The van der Waals surface area contributed by atoms with Crippen molar-refractivity contribution >= 4 is 36.4 Å². The summed E-state index contributed by atoms with van der Waals surface area (Å²) in [6.45, 7) is 6.93. The summed E-state index contributed by atoms with van der Waals surface area (Å²) in [4.78, 5) is 32.3. The molecule has 0 radical (unpaired) electrons. The van der Waals surface area contributed by atoms with E-state index in [1.807, 2.05) is 48.5 Å². The van der Waals surface area contributed by atoms with Gasteiger partial charge in [-0.2, -0.15) is 0 Å². The molecule has 0 bridgehead atoms. The van der Waals surface area contributed by atoms with E-state index in [0.717, 1.165) is 16.7 Å². The molecule has 0 fully saturated rings. The number of benzene rings is 2. The van der Waals surface area contributed by atoms with Gasteiger partial charge in [-0.05, 0) is 23.3 Å². The normalized spacial score (nSPS) is 13.9. The lowest BCUT2D eigenvalue weighted by Crippen LogP contribution is -2.37. The van der Waals surface area contributed by atoms with Crippen molar-refractivity contribution in [2.24, 2.45) is 0 Å². The van der Waals surface area contributed by atoms with Crippen molar-refractivity contribution in [3.63, 3.8) is 0 Å². The summed E-state index contributed by atoms with van der Waals surface area (Å²) in [5.41, 5.74) is 6.46. The summed E-state index contributed by atoms with van der Waals surface area (Å²) in [5.74, 6) is 2.78. The highest BCUT2D eigenvalue weighted by Gasteiger charge is 2.37. The topological polar surface area (TPSA) is 62.3 Å². The third kappa shape index (κ3) is 4.76. The van der Waals surface area contributed by atoms with E-state index >= 15 is 0 Å². The molecule has 156 valence electrons. The Morgan fingerprint density at radius 3 is 2.65 bits per heavy atom. The second-order valence-corrected chi connectivity index (χ2v) is 14.1. The van der Waals surface area contributed by atoms with Crippen LogP contribution in [-0.2, 0) is 11.3 Å². The van der Waals surface area contributed by atoms with Crippen molar-refractivity contribution in [3.05, 3.63) is 82.4 Å². The van der Waals surface area contributed by atoms with E-state index in [-0.39, 0.29) is 11.8 Å². The Hall–Kier alpha value is -3.21. The molecule has 2 heterocycles. The highest BCUT2D eigenvalue weighted by Crippen LogP contribution is 2.33. The predicted molar refractivity (Wildman–Crippen MR) is 126 cm³/mol. The molecule has 3 aromatic rings. The van der Waals surface area contributed by atoms with Crippen LogP contribution < -0.4 is 5.32 Å². The van der Waals surface area contributed by atoms with Gasteiger partial charge in [0.15, 0.2) is 5.13 Å². The monoisotopic (exact) mass is 445 g/mol. The predicted octanol–water partition coefficient (Wildman–Crippen LogP) is 4.71. The molecule has 1 aliphatic rings. The van der Waals surface area contributed by atoms with Gasteiger partial charge in [-0.1, -0.05) is 62.0 Å². The summed E-state index contributed by atoms with van der Waals surface area (Å²) in [6.07, 6.45) is 1.64. The first-order chi connectivity index (χ1) is 14.8. The fraction of sp³-hybridized carbons (Fsp3) is 0.208. The molecule has 4 rings (SSSR count). The van der Waals surface area contributed by atoms with Gasteiger partial charge in [-0.3, -0.25) is 14.9 Å². The Kier molecular flexibility index (Phi) is 5.77. The number of fused-ring (bicyclic) bond motifs is 1. The minimum absolute atomic E-state index is 0.158. The summed E-state index contributed by atoms with van der Waals surface area (Å²) in [6, 6.07) is 14.4. The lowest BCUT2D eigenvalue weighted by molar-refractivity contribution is -0.120. The number of thiazole rings is 1. The Morgan fingerprint density at radius 2 is 1.97 bits per heavy atom. The standard InChI is InChI=1S/C24H23N3O2SSi/c1-31(2,3)14-11-17-9-10-19-16-27(23(29)20(19)15-17)21(18-7-5-4-6-8-18)22(28)26-24-25-12-13-30-24/h4-10,12-13,15,21H,16H2,1-3H3,(H,25,26,28). The summed E-state index contributed by atoms with van der Waals surface area (Å²) >= 11 is 1.35. The molecule has 1 atom stereocenters. The van der Waals surface area contributed by atoms with Crippen LogP contribution in [0.1, 0.15) is 33.1 Å². The average Bonchev–Trinajstić information content (AvgIpc) is 3.35. The van der Waals surface area contributed by atoms with Gasteiger partial charge in [0.05, 0.1) is 0 Å². The van der Waals surface area contributed by atoms with E-state index in [0.29, 0.717) is 17.2 Å². The van der Waals surface area contributed by atoms with Crippen LogP contribution in [0, 0.1) is 11.5 Å². The Balaban J connectivity index is 1.66. The number of amides is 2. The molecule has 2 amide bonds. The van der Waals surface area contributed by atoms with Crippen LogP contribution in [0.4, 0.5) is 5.13 Å². The number of carbonyl (C=O) groups excluding carboxylic acids is 2. The quantitative estimate of drug-likeness (QED) is 0.467. The first-order valence-corrected chi connectivity index (χ1v) is 14.4. The van der Waals surface area contributed by atoms with Gasteiger partial charge in [0.1, 0.15) is 14.1 Å². The van der Waals surface area contributed by atoms with Gasteiger partial charge in [0.25, 0.3) is 11.8 Å². The highest BCUT2D eigenvalue weighted by molar-refractivity contribution is 7.13. The number of anilines is 1. The van der Waals surface area contributed by atoms with Gasteiger partial charge in [-0.25, -0.2) is 4.98 Å². The van der Waals surface area contributed by atoms with Crippen molar-refractivity contribution in [2.75, 3.05) is 5.32 Å². The summed E-state index contributed by atoms with van der Waals surface area (Å²) in [5, 5.41) is 5.16. The molecule has 31 heavy (non-hydrogen) atoms. The lowest BCUT2D eigenvalue weighted by Gasteiger charge is -2.27. The molecule has 7 heteroatoms. The van der Waals surface area contributed by atoms with E-state index in [9.17, 15) is 9.59 Å².